The summed E-state index contributed by atoms with van der Waals surface area (Å²) < 4.78 is 0.951. The third kappa shape index (κ3) is 2.82. The Bertz CT molecular complexity index is 787. The van der Waals surface area contributed by atoms with Gasteiger partial charge in [-0.15, -0.1) is 0 Å². The first kappa shape index (κ1) is 14.6. The summed E-state index contributed by atoms with van der Waals surface area (Å²) in [4.78, 5) is 27.9. The van der Waals surface area contributed by atoms with Crippen molar-refractivity contribution in [2.75, 3.05) is 5.32 Å². The predicted octanol–water partition coefficient (Wildman–Crippen LogP) is 1.88. The zero-order chi connectivity index (χ0) is 16.0. The summed E-state index contributed by atoms with van der Waals surface area (Å²) in [6.07, 6.45) is 3.37. The molecule has 2 bridgehead atoms. The SMILES string of the molecule is CC(=O)Nc1nc2cc(C(=O)N[C@@H]3C[C@H]4CC[C@@H]3N4)ccc2s1. The van der Waals surface area contributed by atoms with Crippen molar-refractivity contribution in [3.63, 3.8) is 0 Å². The van der Waals surface area contributed by atoms with Gasteiger partial charge in [0.05, 0.1) is 10.2 Å². The number of carbonyl (C=O) groups excluding carboxylic acids is 2. The number of carbonyl (C=O) groups is 2. The quantitative estimate of drug-likeness (QED) is 0.802. The standard InChI is InChI=1S/C16H18N4O2S/c1-8(21)17-16-20-13-6-9(2-5-14(13)23-16)15(22)19-12-7-10-3-4-11(12)18-10/h2,5-6,10-12,18H,3-4,7H2,1H3,(H,19,22)(H,17,20,21)/t10-,11+,12-/m1/s1. The van der Waals surface area contributed by atoms with E-state index < -0.39 is 0 Å². The molecule has 2 fully saturated rings. The van der Waals surface area contributed by atoms with Crippen molar-refractivity contribution in [1.29, 1.82) is 0 Å². The van der Waals surface area contributed by atoms with E-state index in [1.165, 1.54) is 24.7 Å². The molecule has 0 radical (unpaired) electrons. The molecule has 2 aromatic rings. The van der Waals surface area contributed by atoms with E-state index in [0.717, 1.165) is 23.1 Å². The maximum absolute atomic E-state index is 12.5. The van der Waals surface area contributed by atoms with Crippen LogP contribution in [-0.2, 0) is 4.79 Å². The number of benzene rings is 1. The molecular formula is C16H18N4O2S. The average Bonchev–Trinajstić information content (AvgIpc) is 3.19. The van der Waals surface area contributed by atoms with Gasteiger partial charge in [-0.25, -0.2) is 4.98 Å². The Hall–Kier alpha value is -1.99. The fourth-order valence-electron chi connectivity index (χ4n) is 3.51. The van der Waals surface area contributed by atoms with Crippen LogP contribution in [0.1, 0.15) is 36.5 Å². The zero-order valence-corrected chi connectivity index (χ0v) is 13.6. The molecule has 0 saturated carbocycles. The van der Waals surface area contributed by atoms with Gasteiger partial charge >= 0.3 is 0 Å². The van der Waals surface area contributed by atoms with Gasteiger partial charge in [0.25, 0.3) is 5.91 Å². The van der Waals surface area contributed by atoms with E-state index in [-0.39, 0.29) is 17.9 Å². The fourth-order valence-corrected chi connectivity index (χ4v) is 4.40. The molecule has 0 aliphatic carbocycles. The van der Waals surface area contributed by atoms with E-state index in [0.29, 0.717) is 22.8 Å². The highest BCUT2D eigenvalue weighted by Crippen LogP contribution is 2.29. The van der Waals surface area contributed by atoms with Gasteiger partial charge in [-0.1, -0.05) is 11.3 Å². The first-order valence-corrected chi connectivity index (χ1v) is 8.65. The molecule has 3 atom stereocenters. The van der Waals surface area contributed by atoms with Crippen LogP contribution in [0.5, 0.6) is 0 Å². The molecule has 120 valence electrons. The van der Waals surface area contributed by atoms with Crippen LogP contribution >= 0.6 is 11.3 Å². The molecule has 0 unspecified atom stereocenters. The molecule has 2 aliphatic heterocycles. The van der Waals surface area contributed by atoms with E-state index in [2.05, 4.69) is 20.9 Å². The first-order chi connectivity index (χ1) is 11.1. The van der Waals surface area contributed by atoms with Crippen LogP contribution in [-0.4, -0.2) is 34.9 Å². The number of aromatic nitrogens is 1. The fraction of sp³-hybridized carbons (Fsp3) is 0.438. The first-order valence-electron chi connectivity index (χ1n) is 7.83. The maximum Gasteiger partial charge on any atom is 0.251 e. The molecular weight excluding hydrogens is 312 g/mol. The van der Waals surface area contributed by atoms with Crippen molar-refractivity contribution in [1.82, 2.24) is 15.6 Å². The van der Waals surface area contributed by atoms with Crippen molar-refractivity contribution in [2.45, 2.75) is 44.3 Å². The predicted molar refractivity (Wildman–Crippen MR) is 89.7 cm³/mol. The van der Waals surface area contributed by atoms with Crippen molar-refractivity contribution in [3.05, 3.63) is 23.8 Å². The summed E-state index contributed by atoms with van der Waals surface area (Å²) in [5, 5.41) is 9.89. The normalized spacial score (nSPS) is 25.7. The van der Waals surface area contributed by atoms with Gasteiger partial charge in [0.2, 0.25) is 5.91 Å². The van der Waals surface area contributed by atoms with Gasteiger partial charge in [0.15, 0.2) is 5.13 Å². The van der Waals surface area contributed by atoms with Crippen molar-refractivity contribution in [2.24, 2.45) is 0 Å². The highest BCUT2D eigenvalue weighted by atomic mass is 32.1. The number of anilines is 1. The number of nitrogens with zero attached hydrogens (tertiary/aromatic N) is 1. The monoisotopic (exact) mass is 330 g/mol. The lowest BCUT2D eigenvalue weighted by Gasteiger charge is -2.21. The van der Waals surface area contributed by atoms with Gasteiger partial charge in [-0.05, 0) is 37.5 Å². The van der Waals surface area contributed by atoms with Crippen LogP contribution in [0, 0.1) is 0 Å². The summed E-state index contributed by atoms with van der Waals surface area (Å²) in [5.41, 5.74) is 1.34. The molecule has 23 heavy (non-hydrogen) atoms. The third-order valence-corrected chi connectivity index (χ3v) is 5.50. The Morgan fingerprint density at radius 3 is 2.91 bits per heavy atom. The third-order valence-electron chi connectivity index (χ3n) is 4.55. The van der Waals surface area contributed by atoms with E-state index in [1.807, 2.05) is 12.1 Å². The van der Waals surface area contributed by atoms with E-state index in [4.69, 9.17) is 0 Å². The number of nitrogens with one attached hydrogen (secondary N) is 3. The number of amides is 2. The Morgan fingerprint density at radius 1 is 1.35 bits per heavy atom. The van der Waals surface area contributed by atoms with Crippen LogP contribution in [0.4, 0.5) is 5.13 Å². The average molecular weight is 330 g/mol. The highest BCUT2D eigenvalue weighted by Gasteiger charge is 2.39. The van der Waals surface area contributed by atoms with Gasteiger partial charge in [-0.3, -0.25) is 9.59 Å². The second-order valence-corrected chi connectivity index (χ2v) is 7.28. The Kier molecular flexibility index (Phi) is 3.54. The molecule has 4 rings (SSSR count). The number of hydrogen-bond acceptors (Lipinski definition) is 5. The van der Waals surface area contributed by atoms with Gasteiger partial charge < -0.3 is 16.0 Å². The number of thiazole rings is 1. The Labute approximate surface area is 137 Å². The smallest absolute Gasteiger partial charge is 0.251 e. The van der Waals surface area contributed by atoms with Crippen LogP contribution in [0.15, 0.2) is 18.2 Å². The highest BCUT2D eigenvalue weighted by molar-refractivity contribution is 7.22. The molecule has 2 aliphatic rings. The summed E-state index contributed by atoms with van der Waals surface area (Å²) in [5.74, 6) is -0.203. The van der Waals surface area contributed by atoms with E-state index in [9.17, 15) is 9.59 Å². The number of rotatable bonds is 3. The molecule has 3 heterocycles. The minimum absolute atomic E-state index is 0.0553. The number of fused-ring (bicyclic) bond motifs is 3. The zero-order valence-electron chi connectivity index (χ0n) is 12.8. The minimum Gasteiger partial charge on any atom is -0.348 e. The van der Waals surface area contributed by atoms with Crippen molar-refractivity contribution in [3.8, 4) is 0 Å². The van der Waals surface area contributed by atoms with Gasteiger partial charge in [0.1, 0.15) is 0 Å². The minimum atomic E-state index is -0.147. The lowest BCUT2D eigenvalue weighted by atomic mass is 9.95. The molecule has 1 aromatic heterocycles. The molecule has 7 heteroatoms. The van der Waals surface area contributed by atoms with E-state index >= 15 is 0 Å². The summed E-state index contributed by atoms with van der Waals surface area (Å²) in [6.45, 7) is 1.45. The lowest BCUT2D eigenvalue weighted by Crippen LogP contribution is -2.42. The Morgan fingerprint density at radius 2 is 2.22 bits per heavy atom. The second-order valence-electron chi connectivity index (χ2n) is 6.25. The maximum atomic E-state index is 12.5. The van der Waals surface area contributed by atoms with Crippen LogP contribution < -0.4 is 16.0 Å². The van der Waals surface area contributed by atoms with Crippen LogP contribution in [0.25, 0.3) is 10.2 Å². The Balaban J connectivity index is 1.51. The largest absolute Gasteiger partial charge is 0.348 e. The molecule has 2 amide bonds. The van der Waals surface area contributed by atoms with Crippen molar-refractivity contribution < 1.29 is 9.59 Å². The summed E-state index contributed by atoms with van der Waals surface area (Å²) in [6, 6.07) is 6.68. The molecule has 1 aromatic carbocycles. The molecule has 0 spiro atoms. The number of hydrogen-bond donors (Lipinski definition) is 3. The van der Waals surface area contributed by atoms with Crippen LogP contribution in [0.2, 0.25) is 0 Å². The molecule has 2 saturated heterocycles. The van der Waals surface area contributed by atoms with E-state index in [1.54, 1.807) is 6.07 Å². The lowest BCUT2D eigenvalue weighted by molar-refractivity contribution is -0.114. The van der Waals surface area contributed by atoms with Crippen LogP contribution in [0.3, 0.4) is 0 Å². The topological polar surface area (TPSA) is 83.1 Å². The molecule has 3 N–H and O–H groups in total. The molecule has 6 nitrogen and oxygen atoms in total. The van der Waals surface area contributed by atoms with Gasteiger partial charge in [-0.2, -0.15) is 0 Å². The summed E-state index contributed by atoms with van der Waals surface area (Å²) >= 11 is 1.40. The summed E-state index contributed by atoms with van der Waals surface area (Å²) in [7, 11) is 0. The van der Waals surface area contributed by atoms with Gasteiger partial charge in [0, 0.05) is 30.6 Å². The van der Waals surface area contributed by atoms with Crippen molar-refractivity contribution >= 4 is 38.5 Å². The second kappa shape index (κ2) is 5.58.